The van der Waals surface area contributed by atoms with Gasteiger partial charge in [-0.2, -0.15) is 0 Å². The lowest BCUT2D eigenvalue weighted by Gasteiger charge is -2.11. The minimum Gasteiger partial charge on any atom is -0.497 e. The Labute approximate surface area is 175 Å². The van der Waals surface area contributed by atoms with Crippen molar-refractivity contribution in [1.82, 2.24) is 10.8 Å². The molecule has 0 saturated carbocycles. The molecule has 154 valence electrons. The first-order valence-corrected chi connectivity index (χ1v) is 9.74. The number of nitrogens with one attached hydrogen (secondary N) is 2. The van der Waals surface area contributed by atoms with Crippen LogP contribution in [0.25, 0.3) is 11.6 Å². The molecule has 2 rings (SSSR count). The molecule has 0 spiro atoms. The topological polar surface area (TPSA) is 87.7 Å². The SMILES string of the molecule is COc1ccc(/C(=C/c2cccc(Cl)c2)C(=O)NCCCCCC(=O)NO)cc1. The Morgan fingerprint density at radius 3 is 2.52 bits per heavy atom. The second kappa shape index (κ2) is 11.9. The Bertz CT molecular complexity index is 850. The number of methoxy groups -OCH3 is 1. The predicted molar refractivity (Wildman–Crippen MR) is 114 cm³/mol. The molecule has 2 amide bonds. The first kappa shape index (κ1) is 22.5. The van der Waals surface area contributed by atoms with Crippen LogP contribution in [0.2, 0.25) is 5.02 Å². The van der Waals surface area contributed by atoms with E-state index < -0.39 is 5.91 Å². The molecule has 3 N–H and O–H groups in total. The van der Waals surface area contributed by atoms with Crippen LogP contribution in [-0.2, 0) is 9.59 Å². The van der Waals surface area contributed by atoms with Crippen LogP contribution in [0.15, 0.2) is 48.5 Å². The van der Waals surface area contributed by atoms with E-state index in [0.29, 0.717) is 29.3 Å². The van der Waals surface area contributed by atoms with Crippen LogP contribution in [0.3, 0.4) is 0 Å². The monoisotopic (exact) mass is 416 g/mol. The Hall–Kier alpha value is -2.83. The highest BCUT2D eigenvalue weighted by molar-refractivity contribution is 6.31. The molecule has 29 heavy (non-hydrogen) atoms. The summed E-state index contributed by atoms with van der Waals surface area (Å²) in [6.45, 7) is 0.489. The van der Waals surface area contributed by atoms with Crippen LogP contribution in [0, 0.1) is 0 Å². The largest absolute Gasteiger partial charge is 0.497 e. The first-order chi connectivity index (χ1) is 14.0. The summed E-state index contributed by atoms with van der Waals surface area (Å²) in [5, 5.41) is 12.0. The van der Waals surface area contributed by atoms with Crippen LogP contribution in [-0.4, -0.2) is 30.7 Å². The summed E-state index contributed by atoms with van der Waals surface area (Å²) >= 11 is 6.07. The fourth-order valence-corrected chi connectivity index (χ4v) is 2.95. The van der Waals surface area contributed by atoms with Crippen LogP contribution < -0.4 is 15.5 Å². The number of halogens is 1. The van der Waals surface area contributed by atoms with Crippen molar-refractivity contribution >= 4 is 35.1 Å². The molecule has 0 aliphatic heterocycles. The third-order valence-electron chi connectivity index (χ3n) is 4.30. The van der Waals surface area contributed by atoms with Crippen LogP contribution in [0.1, 0.15) is 36.8 Å². The highest BCUT2D eigenvalue weighted by Gasteiger charge is 2.12. The molecule has 0 aliphatic carbocycles. The Morgan fingerprint density at radius 2 is 1.86 bits per heavy atom. The highest BCUT2D eigenvalue weighted by atomic mass is 35.5. The number of rotatable bonds is 10. The van der Waals surface area contributed by atoms with Crippen molar-refractivity contribution in [2.75, 3.05) is 13.7 Å². The lowest BCUT2D eigenvalue weighted by molar-refractivity contribution is -0.129. The molecule has 0 bridgehead atoms. The van der Waals surface area contributed by atoms with E-state index in [0.717, 1.165) is 24.0 Å². The van der Waals surface area contributed by atoms with E-state index >= 15 is 0 Å². The van der Waals surface area contributed by atoms with E-state index in [1.54, 1.807) is 42.9 Å². The number of carbonyl (C=O) groups excluding carboxylic acids is 2. The zero-order chi connectivity index (χ0) is 21.1. The van der Waals surface area contributed by atoms with E-state index in [-0.39, 0.29) is 12.3 Å². The number of benzene rings is 2. The van der Waals surface area contributed by atoms with Gasteiger partial charge in [0.05, 0.1) is 7.11 Å². The molecule has 0 atom stereocenters. The predicted octanol–water partition coefficient (Wildman–Crippen LogP) is 4.07. The fraction of sp³-hybridized carbons (Fsp3) is 0.273. The van der Waals surface area contributed by atoms with Gasteiger partial charge in [0, 0.05) is 23.6 Å². The fourth-order valence-electron chi connectivity index (χ4n) is 2.75. The maximum atomic E-state index is 12.8. The van der Waals surface area contributed by atoms with Crippen molar-refractivity contribution in [3.63, 3.8) is 0 Å². The average molecular weight is 417 g/mol. The zero-order valence-electron chi connectivity index (χ0n) is 16.3. The second-order valence-electron chi connectivity index (χ2n) is 6.44. The van der Waals surface area contributed by atoms with Crippen molar-refractivity contribution < 1.29 is 19.5 Å². The summed E-state index contributed by atoms with van der Waals surface area (Å²) in [5.74, 6) is 0.117. The minimum absolute atomic E-state index is 0.191. The number of hydroxylamine groups is 1. The van der Waals surface area contributed by atoms with Crippen molar-refractivity contribution in [1.29, 1.82) is 0 Å². The summed E-state index contributed by atoms with van der Waals surface area (Å²) in [5.41, 5.74) is 3.72. The van der Waals surface area contributed by atoms with Crippen LogP contribution >= 0.6 is 11.6 Å². The number of amides is 2. The molecule has 0 unspecified atom stereocenters. The average Bonchev–Trinajstić information content (AvgIpc) is 2.74. The van der Waals surface area contributed by atoms with Crippen molar-refractivity contribution in [3.8, 4) is 5.75 Å². The van der Waals surface area contributed by atoms with E-state index in [9.17, 15) is 9.59 Å². The summed E-state index contributed by atoms with van der Waals surface area (Å²) in [7, 11) is 1.59. The third-order valence-corrected chi connectivity index (χ3v) is 4.53. The number of unbranched alkanes of at least 4 members (excludes halogenated alkanes) is 2. The minimum atomic E-state index is -0.403. The van der Waals surface area contributed by atoms with Gasteiger partial charge in [0.2, 0.25) is 5.91 Å². The van der Waals surface area contributed by atoms with E-state index in [1.165, 1.54) is 0 Å². The van der Waals surface area contributed by atoms with E-state index in [4.69, 9.17) is 21.5 Å². The molecular weight excluding hydrogens is 392 g/mol. The van der Waals surface area contributed by atoms with Gasteiger partial charge in [-0.25, -0.2) is 5.48 Å². The standard InChI is InChI=1S/C22H25ClN2O4/c1-29-19-11-9-17(10-12-19)20(15-16-6-5-7-18(23)14-16)22(27)24-13-4-2-3-8-21(26)25-28/h5-7,9-12,14-15,28H,2-4,8,13H2,1H3,(H,24,27)(H,25,26)/b20-15-. The number of carbonyl (C=O) groups is 2. The van der Waals surface area contributed by atoms with Gasteiger partial charge in [0.15, 0.2) is 0 Å². The van der Waals surface area contributed by atoms with Gasteiger partial charge in [-0.1, -0.05) is 42.3 Å². The molecular formula is C22H25ClN2O4. The summed E-state index contributed by atoms with van der Waals surface area (Å²) < 4.78 is 5.19. The van der Waals surface area contributed by atoms with Gasteiger partial charge in [-0.05, 0) is 54.3 Å². The molecule has 0 radical (unpaired) electrons. The first-order valence-electron chi connectivity index (χ1n) is 9.36. The lowest BCUT2D eigenvalue weighted by atomic mass is 10.0. The Kier molecular flexibility index (Phi) is 9.21. The van der Waals surface area contributed by atoms with Gasteiger partial charge in [0.25, 0.3) is 5.91 Å². The maximum absolute atomic E-state index is 12.8. The molecule has 6 nitrogen and oxygen atoms in total. The van der Waals surface area contributed by atoms with Crippen molar-refractivity contribution in [2.24, 2.45) is 0 Å². The molecule has 7 heteroatoms. The van der Waals surface area contributed by atoms with Gasteiger partial charge >= 0.3 is 0 Å². The van der Waals surface area contributed by atoms with Gasteiger partial charge in [-0.15, -0.1) is 0 Å². The van der Waals surface area contributed by atoms with Crippen molar-refractivity contribution in [2.45, 2.75) is 25.7 Å². The number of hydrogen-bond donors (Lipinski definition) is 3. The van der Waals surface area contributed by atoms with Crippen LogP contribution in [0.5, 0.6) is 5.75 Å². The molecule has 0 aliphatic rings. The molecule has 2 aromatic carbocycles. The van der Waals surface area contributed by atoms with Gasteiger partial charge in [-0.3, -0.25) is 14.8 Å². The molecule has 0 saturated heterocycles. The normalized spacial score (nSPS) is 11.1. The number of ether oxygens (including phenoxy) is 1. The summed E-state index contributed by atoms with van der Waals surface area (Å²) in [6.07, 6.45) is 4.21. The number of hydrogen-bond acceptors (Lipinski definition) is 4. The van der Waals surface area contributed by atoms with Crippen molar-refractivity contribution in [3.05, 3.63) is 64.7 Å². The Morgan fingerprint density at radius 1 is 1.10 bits per heavy atom. The molecule has 0 heterocycles. The lowest BCUT2D eigenvalue weighted by Crippen LogP contribution is -2.25. The van der Waals surface area contributed by atoms with E-state index in [1.807, 2.05) is 24.3 Å². The summed E-state index contributed by atoms with van der Waals surface area (Å²) in [4.78, 5) is 23.8. The van der Waals surface area contributed by atoms with Crippen LogP contribution in [0.4, 0.5) is 0 Å². The Balaban J connectivity index is 2.06. The maximum Gasteiger partial charge on any atom is 0.251 e. The van der Waals surface area contributed by atoms with E-state index in [2.05, 4.69) is 5.32 Å². The third kappa shape index (κ3) is 7.60. The smallest absolute Gasteiger partial charge is 0.251 e. The summed E-state index contributed by atoms with van der Waals surface area (Å²) in [6, 6.07) is 14.6. The van der Waals surface area contributed by atoms with Gasteiger partial charge < -0.3 is 10.1 Å². The molecule has 2 aromatic rings. The van der Waals surface area contributed by atoms with Gasteiger partial charge in [0.1, 0.15) is 5.75 Å². The molecule has 0 aromatic heterocycles. The quantitative estimate of drug-likeness (QED) is 0.179. The zero-order valence-corrected chi connectivity index (χ0v) is 17.0. The highest BCUT2D eigenvalue weighted by Crippen LogP contribution is 2.23. The second-order valence-corrected chi connectivity index (χ2v) is 6.88. The molecule has 0 fully saturated rings.